The first kappa shape index (κ1) is 19.1. The summed E-state index contributed by atoms with van der Waals surface area (Å²) in [6.45, 7) is 4.80. The number of rotatable bonds is 4. The van der Waals surface area contributed by atoms with Crippen molar-refractivity contribution >= 4 is 33.2 Å². The molecule has 30 heavy (non-hydrogen) atoms. The van der Waals surface area contributed by atoms with E-state index in [1.54, 1.807) is 15.9 Å². The van der Waals surface area contributed by atoms with Gasteiger partial charge >= 0.3 is 0 Å². The van der Waals surface area contributed by atoms with Crippen molar-refractivity contribution in [3.63, 3.8) is 0 Å². The van der Waals surface area contributed by atoms with Gasteiger partial charge in [-0.3, -0.25) is 4.79 Å². The molecule has 1 aliphatic heterocycles. The quantitative estimate of drug-likeness (QED) is 0.498. The smallest absolute Gasteiger partial charge is 0.252 e. The fraction of sp³-hybridized carbons (Fsp3) is 0.409. The Kier molecular flexibility index (Phi) is 4.94. The fourth-order valence-corrected chi connectivity index (χ4v) is 5.53. The zero-order valence-electron chi connectivity index (χ0n) is 17.2. The van der Waals surface area contributed by atoms with Crippen LogP contribution in [0.2, 0.25) is 0 Å². The van der Waals surface area contributed by atoms with Gasteiger partial charge in [-0.25, -0.2) is 14.5 Å². The van der Waals surface area contributed by atoms with E-state index in [-0.39, 0.29) is 11.9 Å². The third-order valence-corrected chi connectivity index (χ3v) is 7.13. The Labute approximate surface area is 178 Å². The number of aromatic nitrogens is 5. The molecule has 0 N–H and O–H groups in total. The molecule has 154 valence electrons. The second-order valence-corrected chi connectivity index (χ2v) is 8.91. The van der Waals surface area contributed by atoms with Gasteiger partial charge in [0.05, 0.1) is 16.3 Å². The lowest BCUT2D eigenvalue weighted by Crippen LogP contribution is -2.38. The highest BCUT2D eigenvalue weighted by Crippen LogP contribution is 2.36. The molecule has 1 amide bonds. The lowest BCUT2D eigenvalue weighted by atomic mass is 10.0. The van der Waals surface area contributed by atoms with Crippen molar-refractivity contribution in [2.45, 2.75) is 52.0 Å². The molecule has 4 heterocycles. The van der Waals surface area contributed by atoms with Gasteiger partial charge in [-0.15, -0.1) is 11.3 Å². The zero-order chi connectivity index (χ0) is 20.7. The summed E-state index contributed by atoms with van der Waals surface area (Å²) >= 11 is 1.71. The average molecular weight is 421 g/mol. The third-order valence-electron chi connectivity index (χ3n) is 6.00. The summed E-state index contributed by atoms with van der Waals surface area (Å²) in [7, 11) is 0. The number of likely N-dealkylation sites (tertiary alicyclic amines) is 1. The predicted octanol–water partition coefficient (Wildman–Crippen LogP) is 4.04. The molecule has 1 fully saturated rings. The Morgan fingerprint density at radius 2 is 2.07 bits per heavy atom. The van der Waals surface area contributed by atoms with Gasteiger partial charge in [0.2, 0.25) is 5.91 Å². The summed E-state index contributed by atoms with van der Waals surface area (Å²) in [6.07, 6.45) is 5.80. The van der Waals surface area contributed by atoms with Gasteiger partial charge in [0.1, 0.15) is 11.3 Å². The molecule has 0 bridgehead atoms. The molecule has 7 nitrogen and oxygen atoms in total. The lowest BCUT2D eigenvalue weighted by molar-refractivity contribution is -0.135. The average Bonchev–Trinajstić information content (AvgIpc) is 3.40. The number of para-hydroxylation sites is 1. The van der Waals surface area contributed by atoms with E-state index in [0.29, 0.717) is 18.6 Å². The predicted molar refractivity (Wildman–Crippen MR) is 117 cm³/mol. The van der Waals surface area contributed by atoms with Gasteiger partial charge in [0.15, 0.2) is 0 Å². The van der Waals surface area contributed by atoms with E-state index in [1.165, 1.54) is 11.0 Å². The normalized spacial score (nSPS) is 17.1. The second-order valence-electron chi connectivity index (χ2n) is 7.85. The minimum absolute atomic E-state index is 0.0850. The van der Waals surface area contributed by atoms with Crippen LogP contribution in [0, 0.1) is 13.8 Å². The van der Waals surface area contributed by atoms with Crippen molar-refractivity contribution < 1.29 is 4.79 Å². The summed E-state index contributed by atoms with van der Waals surface area (Å²) < 4.78 is 2.93. The molecular formula is C22H24N6OS. The number of carbonyl (C=O) groups excluding carboxylic acids is 1. The van der Waals surface area contributed by atoms with Gasteiger partial charge < -0.3 is 4.90 Å². The van der Waals surface area contributed by atoms with E-state index in [9.17, 15) is 4.79 Å². The lowest BCUT2D eigenvalue weighted by Gasteiger charge is -2.34. The van der Waals surface area contributed by atoms with Crippen LogP contribution in [-0.4, -0.2) is 41.9 Å². The van der Waals surface area contributed by atoms with Gasteiger partial charge in [-0.05, 0) is 57.2 Å². The number of carbonyl (C=O) groups is 1. The first-order chi connectivity index (χ1) is 14.6. The topological polar surface area (TPSA) is 76.3 Å². The first-order valence-corrected chi connectivity index (χ1v) is 11.2. The van der Waals surface area contributed by atoms with Gasteiger partial charge in [0, 0.05) is 24.4 Å². The highest BCUT2D eigenvalue weighted by Gasteiger charge is 2.30. The molecule has 0 aliphatic carbocycles. The number of thiazole rings is 1. The molecule has 1 saturated heterocycles. The maximum absolute atomic E-state index is 13.3. The standard InChI is InChI=1S/C22H24N6OS/c1-14-16(15(2)28-22(25-14)23-13-24-28)10-11-20(29)27-12-6-5-8-18(27)21-26-17-7-3-4-9-19(17)30-21/h3-4,7,9,13,18H,5-6,8,10-12H2,1-2H3. The molecule has 0 radical (unpaired) electrons. The van der Waals surface area contributed by atoms with Crippen molar-refractivity contribution in [3.05, 3.63) is 52.6 Å². The van der Waals surface area contributed by atoms with Crippen LogP contribution in [-0.2, 0) is 11.2 Å². The van der Waals surface area contributed by atoms with Crippen LogP contribution in [0.5, 0.6) is 0 Å². The molecule has 0 saturated carbocycles. The van der Waals surface area contributed by atoms with E-state index >= 15 is 0 Å². The van der Waals surface area contributed by atoms with Crippen LogP contribution >= 0.6 is 11.3 Å². The molecule has 5 rings (SSSR count). The number of fused-ring (bicyclic) bond motifs is 2. The van der Waals surface area contributed by atoms with Crippen LogP contribution in [0.15, 0.2) is 30.6 Å². The Hall–Kier alpha value is -2.87. The highest BCUT2D eigenvalue weighted by molar-refractivity contribution is 7.18. The van der Waals surface area contributed by atoms with Crippen LogP contribution in [0.4, 0.5) is 0 Å². The summed E-state index contributed by atoms with van der Waals surface area (Å²) in [4.78, 5) is 28.8. The molecule has 8 heteroatoms. The minimum Gasteiger partial charge on any atom is -0.333 e. The Morgan fingerprint density at radius 3 is 2.93 bits per heavy atom. The number of hydrogen-bond donors (Lipinski definition) is 0. The van der Waals surface area contributed by atoms with E-state index in [0.717, 1.165) is 53.3 Å². The number of nitrogens with zero attached hydrogens (tertiary/aromatic N) is 6. The number of benzene rings is 1. The summed E-state index contributed by atoms with van der Waals surface area (Å²) in [5, 5.41) is 5.31. The monoisotopic (exact) mass is 420 g/mol. The van der Waals surface area contributed by atoms with Crippen LogP contribution in [0.1, 0.15) is 53.7 Å². The summed E-state index contributed by atoms with van der Waals surface area (Å²) in [5.74, 6) is 0.795. The molecule has 1 atom stereocenters. The zero-order valence-corrected chi connectivity index (χ0v) is 18.0. The molecule has 1 aromatic carbocycles. The van der Waals surface area contributed by atoms with Crippen molar-refractivity contribution in [1.29, 1.82) is 0 Å². The fourth-order valence-electron chi connectivity index (χ4n) is 4.41. The summed E-state index contributed by atoms with van der Waals surface area (Å²) in [5.41, 5.74) is 4.02. The van der Waals surface area contributed by atoms with E-state index in [1.807, 2.05) is 36.9 Å². The van der Waals surface area contributed by atoms with Crippen molar-refractivity contribution in [2.75, 3.05) is 6.54 Å². The molecule has 4 aromatic rings. The van der Waals surface area contributed by atoms with E-state index < -0.39 is 0 Å². The van der Waals surface area contributed by atoms with E-state index in [2.05, 4.69) is 21.1 Å². The SMILES string of the molecule is Cc1nc2ncnn2c(C)c1CCC(=O)N1CCCCC1c1nc2ccccc2s1. The first-order valence-electron chi connectivity index (χ1n) is 10.4. The molecule has 0 spiro atoms. The van der Waals surface area contributed by atoms with Gasteiger partial charge in [-0.1, -0.05) is 12.1 Å². The molecule has 3 aromatic heterocycles. The number of aryl methyl sites for hydroxylation is 2. The number of piperidine rings is 1. The highest BCUT2D eigenvalue weighted by atomic mass is 32.1. The third kappa shape index (κ3) is 3.35. The number of hydrogen-bond acceptors (Lipinski definition) is 6. The molecular weight excluding hydrogens is 396 g/mol. The molecule has 1 aliphatic rings. The number of amides is 1. The van der Waals surface area contributed by atoms with E-state index in [4.69, 9.17) is 4.98 Å². The van der Waals surface area contributed by atoms with Gasteiger partial charge in [-0.2, -0.15) is 10.1 Å². The van der Waals surface area contributed by atoms with Crippen LogP contribution in [0.25, 0.3) is 16.0 Å². The Morgan fingerprint density at radius 1 is 1.20 bits per heavy atom. The minimum atomic E-state index is 0.0850. The largest absolute Gasteiger partial charge is 0.333 e. The molecule has 1 unspecified atom stereocenters. The van der Waals surface area contributed by atoms with Crippen LogP contribution < -0.4 is 0 Å². The maximum atomic E-state index is 13.3. The Bertz CT molecular complexity index is 1200. The second kappa shape index (κ2) is 7.75. The summed E-state index contributed by atoms with van der Waals surface area (Å²) in [6, 6.07) is 8.29. The Balaban J connectivity index is 1.37. The van der Waals surface area contributed by atoms with Gasteiger partial charge in [0.25, 0.3) is 5.78 Å². The maximum Gasteiger partial charge on any atom is 0.252 e. The van der Waals surface area contributed by atoms with Crippen molar-refractivity contribution in [2.24, 2.45) is 0 Å². The van der Waals surface area contributed by atoms with Crippen molar-refractivity contribution in [3.8, 4) is 0 Å². The van der Waals surface area contributed by atoms with Crippen molar-refractivity contribution in [1.82, 2.24) is 29.5 Å². The van der Waals surface area contributed by atoms with Crippen LogP contribution in [0.3, 0.4) is 0 Å².